The Morgan fingerprint density at radius 2 is 1.30 bits per heavy atom. The van der Waals surface area contributed by atoms with Crippen LogP contribution in [0.2, 0.25) is 0 Å². The molecule has 0 radical (unpaired) electrons. The van der Waals surface area contributed by atoms with Gasteiger partial charge in [0.1, 0.15) is 5.92 Å². The van der Waals surface area contributed by atoms with Crippen LogP contribution in [0.15, 0.2) is 96.1 Å². The summed E-state index contributed by atoms with van der Waals surface area (Å²) >= 11 is 0. The summed E-state index contributed by atoms with van der Waals surface area (Å²) in [5, 5.41) is 5.65. The summed E-state index contributed by atoms with van der Waals surface area (Å²) in [5.74, 6) is -2.07. The van der Waals surface area contributed by atoms with Crippen molar-refractivity contribution >= 4 is 29.1 Å². The van der Waals surface area contributed by atoms with Crippen LogP contribution in [0.4, 0.5) is 5.69 Å². The summed E-state index contributed by atoms with van der Waals surface area (Å²) in [6.45, 7) is 0. The highest BCUT2D eigenvalue weighted by atomic mass is 16.2. The van der Waals surface area contributed by atoms with Crippen LogP contribution in [0.1, 0.15) is 15.9 Å². The van der Waals surface area contributed by atoms with Crippen molar-refractivity contribution in [1.29, 1.82) is 0 Å². The van der Waals surface area contributed by atoms with Crippen LogP contribution in [0, 0.1) is 5.92 Å². The highest BCUT2D eigenvalue weighted by Gasteiger charge is 2.58. The van der Waals surface area contributed by atoms with E-state index in [9.17, 15) is 14.4 Å². The minimum atomic E-state index is -0.999. The first-order valence-electron chi connectivity index (χ1n) is 9.62. The molecule has 3 aromatic carbocycles. The summed E-state index contributed by atoms with van der Waals surface area (Å²) in [7, 11) is 0. The van der Waals surface area contributed by atoms with Crippen molar-refractivity contribution in [3.63, 3.8) is 0 Å². The highest BCUT2D eigenvalue weighted by Crippen LogP contribution is 2.37. The Bertz CT molecular complexity index is 1160. The zero-order valence-corrected chi connectivity index (χ0v) is 15.9. The number of anilines is 1. The number of fused-ring (bicyclic) bond motifs is 1. The molecule has 0 spiro atoms. The average molecular weight is 395 g/mol. The number of benzene rings is 3. The fraction of sp³-hybridized carbons (Fsp3) is 0.0833. The predicted molar refractivity (Wildman–Crippen MR) is 112 cm³/mol. The van der Waals surface area contributed by atoms with E-state index in [1.165, 1.54) is 5.01 Å². The number of carbonyl (C=O) groups excluding carboxylic acids is 3. The van der Waals surface area contributed by atoms with Gasteiger partial charge in [-0.1, -0.05) is 66.7 Å². The Kier molecular flexibility index (Phi) is 4.25. The van der Waals surface area contributed by atoms with Crippen LogP contribution >= 0.6 is 0 Å². The molecule has 3 amide bonds. The van der Waals surface area contributed by atoms with Gasteiger partial charge in [0, 0.05) is 5.56 Å². The van der Waals surface area contributed by atoms with Gasteiger partial charge in [0.25, 0.3) is 11.8 Å². The van der Waals surface area contributed by atoms with Crippen molar-refractivity contribution in [3.05, 3.63) is 102 Å². The number of carbonyl (C=O) groups is 3. The van der Waals surface area contributed by atoms with Gasteiger partial charge in [0.2, 0.25) is 5.91 Å². The molecule has 30 heavy (non-hydrogen) atoms. The Morgan fingerprint density at radius 3 is 1.93 bits per heavy atom. The van der Waals surface area contributed by atoms with Gasteiger partial charge in [0.15, 0.2) is 6.04 Å². The molecule has 2 atom stereocenters. The van der Waals surface area contributed by atoms with Crippen molar-refractivity contribution in [3.8, 4) is 0 Å². The first-order chi connectivity index (χ1) is 14.7. The second-order valence-corrected chi connectivity index (χ2v) is 7.14. The Balaban J connectivity index is 1.62. The fourth-order valence-corrected chi connectivity index (χ4v) is 3.97. The number of hydrogen-bond acceptors (Lipinski definition) is 4. The van der Waals surface area contributed by atoms with Gasteiger partial charge >= 0.3 is 0 Å². The van der Waals surface area contributed by atoms with Crippen molar-refractivity contribution in [2.75, 3.05) is 4.90 Å². The molecule has 0 bridgehead atoms. The van der Waals surface area contributed by atoms with Crippen LogP contribution in [0.25, 0.3) is 0 Å². The molecular weight excluding hydrogens is 378 g/mol. The lowest BCUT2D eigenvalue weighted by atomic mass is 9.93. The van der Waals surface area contributed by atoms with Gasteiger partial charge in [0.05, 0.1) is 11.4 Å². The topological polar surface area (TPSA) is 70.0 Å². The van der Waals surface area contributed by atoms with E-state index >= 15 is 0 Å². The van der Waals surface area contributed by atoms with Crippen molar-refractivity contribution in [2.24, 2.45) is 11.0 Å². The van der Waals surface area contributed by atoms with E-state index in [2.05, 4.69) is 5.10 Å². The zero-order chi connectivity index (χ0) is 20.7. The SMILES string of the molecule is O=C1[C@H]2C(c3ccccc3)=NN(C(=O)c3ccccc3)[C@@H]2C(=O)N1c1ccccc1. The molecule has 0 N–H and O–H groups in total. The van der Waals surface area contributed by atoms with E-state index in [1.807, 2.05) is 42.5 Å². The van der Waals surface area contributed by atoms with Gasteiger partial charge in [-0.25, -0.2) is 9.91 Å². The summed E-state index contributed by atoms with van der Waals surface area (Å²) in [5.41, 5.74) is 2.04. The lowest BCUT2D eigenvalue weighted by Gasteiger charge is -2.20. The van der Waals surface area contributed by atoms with Crippen LogP contribution in [-0.4, -0.2) is 34.5 Å². The van der Waals surface area contributed by atoms with Crippen LogP contribution in [0.5, 0.6) is 0 Å². The van der Waals surface area contributed by atoms with E-state index in [0.717, 1.165) is 4.90 Å². The van der Waals surface area contributed by atoms with E-state index in [4.69, 9.17) is 0 Å². The van der Waals surface area contributed by atoms with Crippen molar-refractivity contribution in [1.82, 2.24) is 5.01 Å². The molecule has 0 saturated carbocycles. The molecule has 0 aliphatic carbocycles. The third-order valence-electron chi connectivity index (χ3n) is 5.36. The van der Waals surface area contributed by atoms with Crippen LogP contribution in [-0.2, 0) is 9.59 Å². The fourth-order valence-electron chi connectivity index (χ4n) is 3.97. The quantitative estimate of drug-likeness (QED) is 0.640. The Labute approximate surface area is 173 Å². The maximum absolute atomic E-state index is 13.4. The number of hydrazone groups is 1. The van der Waals surface area contributed by atoms with Crippen molar-refractivity contribution in [2.45, 2.75) is 6.04 Å². The number of para-hydroxylation sites is 1. The molecule has 2 aliphatic rings. The molecule has 0 aromatic heterocycles. The van der Waals surface area contributed by atoms with E-state index in [1.54, 1.807) is 48.5 Å². The number of hydrogen-bond donors (Lipinski definition) is 0. The number of amides is 3. The van der Waals surface area contributed by atoms with Gasteiger partial charge in [-0.3, -0.25) is 14.4 Å². The molecule has 3 aromatic rings. The molecule has 6 nitrogen and oxygen atoms in total. The van der Waals surface area contributed by atoms with Crippen LogP contribution < -0.4 is 4.90 Å². The monoisotopic (exact) mass is 395 g/mol. The minimum Gasteiger partial charge on any atom is -0.273 e. The molecule has 2 heterocycles. The zero-order valence-electron chi connectivity index (χ0n) is 15.9. The summed E-state index contributed by atoms with van der Waals surface area (Å²) < 4.78 is 0. The largest absolute Gasteiger partial charge is 0.274 e. The first-order valence-corrected chi connectivity index (χ1v) is 9.62. The molecular formula is C24H17N3O3. The summed E-state index contributed by atoms with van der Waals surface area (Å²) in [4.78, 5) is 41.1. The second kappa shape index (κ2) is 7.08. The van der Waals surface area contributed by atoms with Gasteiger partial charge in [-0.2, -0.15) is 5.10 Å². The third kappa shape index (κ3) is 2.73. The third-order valence-corrected chi connectivity index (χ3v) is 5.36. The molecule has 6 heteroatoms. The van der Waals surface area contributed by atoms with E-state index < -0.39 is 23.8 Å². The molecule has 2 aliphatic heterocycles. The lowest BCUT2D eigenvalue weighted by molar-refractivity contribution is -0.122. The van der Waals surface area contributed by atoms with Gasteiger partial charge in [-0.05, 0) is 29.8 Å². The Hall–Kier alpha value is -4.06. The minimum absolute atomic E-state index is 0.373. The molecule has 0 unspecified atom stereocenters. The van der Waals surface area contributed by atoms with E-state index in [0.29, 0.717) is 22.5 Å². The summed E-state index contributed by atoms with van der Waals surface area (Å²) in [6.07, 6.45) is 0. The first kappa shape index (κ1) is 18.0. The standard InChI is InChI=1S/C24H17N3O3/c28-22(17-12-6-2-7-13-17)27-21-19(20(25-27)16-10-4-1-5-11-16)23(29)26(24(21)30)18-14-8-3-9-15-18/h1-15,19,21H/t19-,21-/m0/s1. The number of rotatable bonds is 3. The van der Waals surface area contributed by atoms with E-state index in [-0.39, 0.29) is 5.91 Å². The molecule has 5 rings (SSSR count). The number of imide groups is 1. The smallest absolute Gasteiger partial charge is 0.273 e. The predicted octanol–water partition coefficient (Wildman–Crippen LogP) is 3.10. The lowest BCUT2D eigenvalue weighted by Crippen LogP contribution is -2.42. The molecule has 1 saturated heterocycles. The highest BCUT2D eigenvalue weighted by molar-refractivity contribution is 6.33. The molecule has 146 valence electrons. The van der Waals surface area contributed by atoms with Crippen molar-refractivity contribution < 1.29 is 14.4 Å². The van der Waals surface area contributed by atoms with Crippen LogP contribution in [0.3, 0.4) is 0 Å². The maximum atomic E-state index is 13.4. The second-order valence-electron chi connectivity index (χ2n) is 7.14. The maximum Gasteiger partial charge on any atom is 0.274 e. The molecule has 1 fully saturated rings. The number of nitrogens with zero attached hydrogens (tertiary/aromatic N) is 3. The van der Waals surface area contributed by atoms with Gasteiger partial charge in [-0.15, -0.1) is 0 Å². The van der Waals surface area contributed by atoms with Gasteiger partial charge < -0.3 is 0 Å². The Morgan fingerprint density at radius 1 is 0.733 bits per heavy atom. The summed E-state index contributed by atoms with van der Waals surface area (Å²) in [6, 6.07) is 25.6. The normalized spacial score (nSPS) is 20.3. The average Bonchev–Trinajstić information content (AvgIpc) is 3.32.